The van der Waals surface area contributed by atoms with Crippen molar-refractivity contribution < 1.29 is 9.53 Å². The van der Waals surface area contributed by atoms with Crippen LogP contribution in [0.2, 0.25) is 0 Å². The van der Waals surface area contributed by atoms with E-state index in [4.69, 9.17) is 0 Å². The summed E-state index contributed by atoms with van der Waals surface area (Å²) in [5, 5.41) is 0. The molecule has 0 aromatic heterocycles. The standard InChI is InChI=1S/C9H11NO2S/c1-12-9(11)10-13(2)8-6-4-3-5-7-8/h3-7H,1-2H3. The second-order valence-electron chi connectivity index (χ2n) is 2.35. The third-order valence-electron chi connectivity index (χ3n) is 1.47. The molecule has 4 heteroatoms. The Morgan fingerprint density at radius 1 is 1.38 bits per heavy atom. The molecule has 0 N–H and O–H groups in total. The van der Waals surface area contributed by atoms with Crippen molar-refractivity contribution in [2.45, 2.75) is 4.90 Å². The SMILES string of the molecule is COC(=O)/N=S(\C)c1ccccc1. The van der Waals surface area contributed by atoms with Crippen molar-refractivity contribution in [3.63, 3.8) is 0 Å². The first kappa shape index (κ1) is 9.92. The molecule has 0 saturated carbocycles. The molecule has 0 saturated heterocycles. The lowest BCUT2D eigenvalue weighted by molar-refractivity contribution is 0.183. The lowest BCUT2D eigenvalue weighted by Crippen LogP contribution is -1.96. The first-order valence-electron chi connectivity index (χ1n) is 3.75. The molecular formula is C9H11NO2S. The molecule has 0 aliphatic heterocycles. The van der Waals surface area contributed by atoms with Crippen molar-refractivity contribution in [3.8, 4) is 0 Å². The van der Waals surface area contributed by atoms with Crippen LogP contribution in [0.25, 0.3) is 0 Å². The molecule has 0 radical (unpaired) electrons. The summed E-state index contributed by atoms with van der Waals surface area (Å²) >= 11 is 0. The number of amides is 1. The minimum Gasteiger partial charge on any atom is -0.451 e. The highest BCUT2D eigenvalue weighted by atomic mass is 32.2. The number of hydrogen-bond donors (Lipinski definition) is 0. The fourth-order valence-electron chi connectivity index (χ4n) is 0.819. The summed E-state index contributed by atoms with van der Waals surface area (Å²) in [4.78, 5) is 11.8. The second kappa shape index (κ2) is 4.77. The van der Waals surface area contributed by atoms with Crippen LogP contribution in [0.15, 0.2) is 39.6 Å². The third-order valence-corrected chi connectivity index (χ3v) is 2.85. The fourth-order valence-corrected chi connectivity index (χ4v) is 1.77. The average molecular weight is 197 g/mol. The molecule has 0 aliphatic rings. The van der Waals surface area contributed by atoms with E-state index in [1.165, 1.54) is 7.11 Å². The van der Waals surface area contributed by atoms with Gasteiger partial charge in [-0.2, -0.15) is 0 Å². The lowest BCUT2D eigenvalue weighted by Gasteiger charge is -1.99. The normalized spacial score (nSPS) is 12.5. The monoisotopic (exact) mass is 197 g/mol. The molecule has 1 aromatic carbocycles. The van der Waals surface area contributed by atoms with Gasteiger partial charge >= 0.3 is 6.09 Å². The predicted molar refractivity (Wildman–Crippen MR) is 52.8 cm³/mol. The number of ether oxygens (including phenoxy) is 1. The zero-order valence-electron chi connectivity index (χ0n) is 7.56. The maximum Gasteiger partial charge on any atom is 0.439 e. The van der Waals surface area contributed by atoms with E-state index in [2.05, 4.69) is 9.10 Å². The zero-order chi connectivity index (χ0) is 9.68. The number of carbonyl (C=O) groups excluding carboxylic acids is 1. The van der Waals surface area contributed by atoms with Crippen LogP contribution in [0.1, 0.15) is 0 Å². The van der Waals surface area contributed by atoms with Gasteiger partial charge < -0.3 is 4.74 Å². The van der Waals surface area contributed by atoms with E-state index < -0.39 is 16.8 Å². The number of benzene rings is 1. The van der Waals surface area contributed by atoms with Crippen molar-refractivity contribution >= 4 is 16.8 Å². The molecule has 1 aromatic rings. The summed E-state index contributed by atoms with van der Waals surface area (Å²) in [6.07, 6.45) is 1.36. The van der Waals surface area contributed by atoms with Crippen molar-refractivity contribution in [3.05, 3.63) is 30.3 Å². The van der Waals surface area contributed by atoms with Crippen LogP contribution in [-0.4, -0.2) is 19.5 Å². The lowest BCUT2D eigenvalue weighted by atomic mass is 10.4. The highest BCUT2D eigenvalue weighted by Gasteiger charge is 1.98. The van der Waals surface area contributed by atoms with Crippen molar-refractivity contribution in [2.24, 2.45) is 4.36 Å². The Bertz CT molecular complexity index is 322. The van der Waals surface area contributed by atoms with E-state index in [0.717, 1.165) is 4.90 Å². The van der Waals surface area contributed by atoms with Gasteiger partial charge in [0.05, 0.1) is 7.11 Å². The maximum absolute atomic E-state index is 10.8. The van der Waals surface area contributed by atoms with E-state index in [9.17, 15) is 4.79 Å². The molecule has 0 heterocycles. The molecule has 0 spiro atoms. The van der Waals surface area contributed by atoms with E-state index in [1.54, 1.807) is 0 Å². The molecule has 0 fully saturated rings. The number of methoxy groups -OCH3 is 1. The highest BCUT2D eigenvalue weighted by molar-refractivity contribution is 7.86. The molecule has 0 aliphatic carbocycles. The Morgan fingerprint density at radius 2 is 2.00 bits per heavy atom. The molecule has 0 bridgehead atoms. The van der Waals surface area contributed by atoms with Crippen LogP contribution in [0.5, 0.6) is 0 Å². The van der Waals surface area contributed by atoms with Crippen LogP contribution in [-0.2, 0) is 15.4 Å². The fraction of sp³-hybridized carbons (Fsp3) is 0.222. The van der Waals surface area contributed by atoms with Gasteiger partial charge in [0.25, 0.3) is 0 Å². The Labute approximate surface area is 79.8 Å². The first-order valence-corrected chi connectivity index (χ1v) is 5.34. The second-order valence-corrected chi connectivity index (χ2v) is 3.96. The number of carbonyl (C=O) groups is 1. The van der Waals surface area contributed by atoms with Crippen LogP contribution in [0.4, 0.5) is 4.79 Å². The van der Waals surface area contributed by atoms with Crippen molar-refractivity contribution in [2.75, 3.05) is 13.4 Å². The van der Waals surface area contributed by atoms with Crippen LogP contribution >= 0.6 is 0 Å². The summed E-state index contributed by atoms with van der Waals surface area (Å²) in [5.74, 6) is 0. The van der Waals surface area contributed by atoms with Gasteiger partial charge in [0.15, 0.2) is 0 Å². The summed E-state index contributed by atoms with van der Waals surface area (Å²) in [6.45, 7) is 0. The number of hydrogen-bond acceptors (Lipinski definition) is 2. The maximum atomic E-state index is 10.8. The third kappa shape index (κ3) is 2.99. The van der Waals surface area contributed by atoms with Gasteiger partial charge in [-0.3, -0.25) is 0 Å². The van der Waals surface area contributed by atoms with E-state index in [-0.39, 0.29) is 0 Å². The van der Waals surface area contributed by atoms with Crippen LogP contribution in [0.3, 0.4) is 0 Å². The Hall–Kier alpha value is -1.16. The topological polar surface area (TPSA) is 38.7 Å². The van der Waals surface area contributed by atoms with Gasteiger partial charge in [-0.25, -0.2) is 4.79 Å². The van der Waals surface area contributed by atoms with E-state index in [0.29, 0.717) is 0 Å². The average Bonchev–Trinajstić information content (AvgIpc) is 2.19. The van der Waals surface area contributed by atoms with Gasteiger partial charge in [0.1, 0.15) is 0 Å². The molecule has 1 rings (SSSR count). The molecule has 1 unspecified atom stereocenters. The smallest absolute Gasteiger partial charge is 0.439 e. The quantitative estimate of drug-likeness (QED) is 0.692. The zero-order valence-corrected chi connectivity index (χ0v) is 8.38. The molecule has 70 valence electrons. The van der Waals surface area contributed by atoms with Crippen molar-refractivity contribution in [1.29, 1.82) is 0 Å². The minimum atomic E-state index is -0.519. The highest BCUT2D eigenvalue weighted by Crippen LogP contribution is 2.05. The van der Waals surface area contributed by atoms with Gasteiger partial charge in [0.2, 0.25) is 0 Å². The number of nitrogens with zero attached hydrogens (tertiary/aromatic N) is 1. The van der Waals surface area contributed by atoms with Gasteiger partial charge in [0, 0.05) is 4.90 Å². The van der Waals surface area contributed by atoms with Gasteiger partial charge in [-0.15, -0.1) is 4.36 Å². The molecule has 3 nitrogen and oxygen atoms in total. The van der Waals surface area contributed by atoms with Crippen LogP contribution < -0.4 is 0 Å². The molecule has 1 amide bonds. The van der Waals surface area contributed by atoms with Crippen molar-refractivity contribution in [1.82, 2.24) is 0 Å². The Morgan fingerprint density at radius 3 is 2.54 bits per heavy atom. The molecular weight excluding hydrogens is 186 g/mol. The summed E-state index contributed by atoms with van der Waals surface area (Å²) < 4.78 is 8.28. The summed E-state index contributed by atoms with van der Waals surface area (Å²) in [7, 11) is 0.914. The van der Waals surface area contributed by atoms with E-state index in [1.807, 2.05) is 36.6 Å². The summed E-state index contributed by atoms with van der Waals surface area (Å²) in [5.41, 5.74) is 0. The van der Waals surface area contributed by atoms with Gasteiger partial charge in [-0.05, 0) is 18.4 Å². The Balaban J connectivity index is 2.85. The summed E-state index contributed by atoms with van der Waals surface area (Å²) in [6, 6.07) is 9.65. The predicted octanol–water partition coefficient (Wildman–Crippen LogP) is 2.24. The number of rotatable bonds is 1. The molecule has 1 atom stereocenters. The minimum absolute atomic E-state index is 0.413. The first-order chi connectivity index (χ1) is 6.24. The van der Waals surface area contributed by atoms with Gasteiger partial charge in [-0.1, -0.05) is 28.9 Å². The van der Waals surface area contributed by atoms with Crippen LogP contribution in [0, 0.1) is 0 Å². The largest absolute Gasteiger partial charge is 0.451 e. The van der Waals surface area contributed by atoms with E-state index >= 15 is 0 Å². The molecule has 13 heavy (non-hydrogen) atoms. The Kier molecular flexibility index (Phi) is 3.64.